The number of hydrogen-bond donors (Lipinski definition) is 3. The first-order valence-corrected chi connectivity index (χ1v) is 6.15. The molecule has 0 bridgehead atoms. The third-order valence-electron chi connectivity index (χ3n) is 3.42. The Kier molecular flexibility index (Phi) is 3.59. The zero-order valence-electron chi connectivity index (χ0n) is 11.8. The lowest BCUT2D eigenvalue weighted by atomic mass is 10.0. The van der Waals surface area contributed by atoms with Crippen LogP contribution in [0.15, 0.2) is 18.6 Å². The molecule has 0 saturated heterocycles. The van der Waals surface area contributed by atoms with Crippen molar-refractivity contribution in [2.24, 2.45) is 5.84 Å². The van der Waals surface area contributed by atoms with Crippen molar-refractivity contribution >= 4 is 17.3 Å². The summed E-state index contributed by atoms with van der Waals surface area (Å²) >= 11 is 0. The number of imidazole rings is 1. The second-order valence-corrected chi connectivity index (χ2v) is 5.34. The fourth-order valence-corrected chi connectivity index (χ4v) is 1.58. The van der Waals surface area contributed by atoms with E-state index in [2.05, 4.69) is 53.6 Å². The lowest BCUT2D eigenvalue weighted by Gasteiger charge is -2.32. The Morgan fingerprint density at radius 1 is 1.42 bits per heavy atom. The van der Waals surface area contributed by atoms with Gasteiger partial charge in [-0.25, -0.2) is 15.8 Å². The summed E-state index contributed by atoms with van der Waals surface area (Å²) in [7, 11) is 4.11. The van der Waals surface area contributed by atoms with Crippen LogP contribution in [-0.2, 0) is 0 Å². The van der Waals surface area contributed by atoms with Crippen LogP contribution in [0.3, 0.4) is 0 Å². The van der Waals surface area contributed by atoms with Gasteiger partial charge in [-0.2, -0.15) is 0 Å². The van der Waals surface area contributed by atoms with Crippen molar-refractivity contribution in [1.29, 1.82) is 0 Å². The SMILES string of the molecule is CN(C)C(C)(C)CNc1nc(NN)cn2ccnc12. The molecule has 19 heavy (non-hydrogen) atoms. The van der Waals surface area contributed by atoms with E-state index in [-0.39, 0.29) is 5.54 Å². The van der Waals surface area contributed by atoms with Crippen molar-refractivity contribution in [3.8, 4) is 0 Å². The van der Waals surface area contributed by atoms with Gasteiger partial charge in [0.2, 0.25) is 0 Å². The topological polar surface area (TPSA) is 83.5 Å². The lowest BCUT2D eigenvalue weighted by Crippen LogP contribution is -2.44. The molecule has 0 unspecified atom stereocenters. The first-order chi connectivity index (χ1) is 8.94. The number of nitrogens with two attached hydrogens (primary N) is 1. The quantitative estimate of drug-likeness (QED) is 0.546. The monoisotopic (exact) mass is 263 g/mol. The third-order valence-corrected chi connectivity index (χ3v) is 3.42. The molecule has 2 rings (SSSR count). The number of anilines is 2. The largest absolute Gasteiger partial charge is 0.365 e. The average molecular weight is 263 g/mol. The molecule has 0 amide bonds. The van der Waals surface area contributed by atoms with E-state index in [0.717, 1.165) is 18.0 Å². The Morgan fingerprint density at radius 2 is 2.16 bits per heavy atom. The molecular weight excluding hydrogens is 242 g/mol. The number of hydrogen-bond acceptors (Lipinski definition) is 6. The van der Waals surface area contributed by atoms with Crippen molar-refractivity contribution in [2.45, 2.75) is 19.4 Å². The van der Waals surface area contributed by atoms with Gasteiger partial charge in [-0.1, -0.05) is 0 Å². The number of likely N-dealkylation sites (N-methyl/N-ethyl adjacent to an activating group) is 1. The van der Waals surface area contributed by atoms with Gasteiger partial charge < -0.3 is 20.0 Å². The Labute approximate surface area is 112 Å². The highest BCUT2D eigenvalue weighted by atomic mass is 15.3. The summed E-state index contributed by atoms with van der Waals surface area (Å²) in [5.74, 6) is 6.74. The third kappa shape index (κ3) is 2.77. The molecular formula is C12H21N7. The zero-order valence-corrected chi connectivity index (χ0v) is 11.8. The van der Waals surface area contributed by atoms with E-state index in [0.29, 0.717) is 5.82 Å². The van der Waals surface area contributed by atoms with Crippen LogP contribution in [0.1, 0.15) is 13.8 Å². The van der Waals surface area contributed by atoms with E-state index in [1.165, 1.54) is 0 Å². The summed E-state index contributed by atoms with van der Waals surface area (Å²) in [5, 5.41) is 3.34. The van der Waals surface area contributed by atoms with Gasteiger partial charge in [0.15, 0.2) is 17.3 Å². The smallest absolute Gasteiger partial charge is 0.180 e. The van der Waals surface area contributed by atoms with E-state index < -0.39 is 0 Å². The summed E-state index contributed by atoms with van der Waals surface area (Å²) in [4.78, 5) is 10.9. The first kappa shape index (κ1) is 13.6. The standard InChI is InChI=1S/C12H21N7/c1-12(2,18(3)4)8-15-10-11-14-5-6-19(11)7-9(16-10)17-13/h5-7,17H,8,13H2,1-4H3,(H,15,16). The second-order valence-electron chi connectivity index (χ2n) is 5.34. The Balaban J connectivity index is 2.27. The van der Waals surface area contributed by atoms with Crippen LogP contribution in [0.2, 0.25) is 0 Å². The summed E-state index contributed by atoms with van der Waals surface area (Å²) in [6.45, 7) is 5.07. The molecule has 2 aromatic rings. The highest BCUT2D eigenvalue weighted by Gasteiger charge is 2.21. The van der Waals surface area contributed by atoms with Crippen LogP contribution >= 0.6 is 0 Å². The molecule has 2 aromatic heterocycles. The van der Waals surface area contributed by atoms with Crippen molar-refractivity contribution in [3.05, 3.63) is 18.6 Å². The van der Waals surface area contributed by atoms with Gasteiger partial charge >= 0.3 is 0 Å². The molecule has 7 heteroatoms. The van der Waals surface area contributed by atoms with Gasteiger partial charge in [-0.05, 0) is 27.9 Å². The van der Waals surface area contributed by atoms with Crippen molar-refractivity contribution in [3.63, 3.8) is 0 Å². The second kappa shape index (κ2) is 5.02. The van der Waals surface area contributed by atoms with Gasteiger partial charge in [0.05, 0.1) is 6.20 Å². The molecule has 0 spiro atoms. The molecule has 0 aliphatic heterocycles. The Hall–Kier alpha value is -1.86. The fourth-order valence-electron chi connectivity index (χ4n) is 1.58. The minimum Gasteiger partial charge on any atom is -0.365 e. The number of aromatic nitrogens is 3. The van der Waals surface area contributed by atoms with E-state index in [1.807, 2.05) is 10.6 Å². The number of nitrogens with one attached hydrogen (secondary N) is 2. The molecule has 4 N–H and O–H groups in total. The minimum absolute atomic E-state index is 0.0113. The molecule has 0 aliphatic rings. The predicted octanol–water partition coefficient (Wildman–Crippen LogP) is 0.767. The van der Waals surface area contributed by atoms with Crippen LogP contribution < -0.4 is 16.6 Å². The maximum Gasteiger partial charge on any atom is 0.180 e. The van der Waals surface area contributed by atoms with E-state index >= 15 is 0 Å². The molecule has 2 heterocycles. The number of hydrazine groups is 1. The predicted molar refractivity (Wildman–Crippen MR) is 77.1 cm³/mol. The molecule has 0 aliphatic carbocycles. The van der Waals surface area contributed by atoms with Gasteiger partial charge in [-0.3, -0.25) is 0 Å². The summed E-state index contributed by atoms with van der Waals surface area (Å²) in [6.07, 6.45) is 5.39. The van der Waals surface area contributed by atoms with Crippen LogP contribution in [0.4, 0.5) is 11.6 Å². The van der Waals surface area contributed by atoms with Gasteiger partial charge in [0.25, 0.3) is 0 Å². The van der Waals surface area contributed by atoms with E-state index in [4.69, 9.17) is 5.84 Å². The molecule has 0 radical (unpaired) electrons. The molecule has 0 fully saturated rings. The fraction of sp³-hybridized carbons (Fsp3) is 0.500. The Morgan fingerprint density at radius 3 is 2.79 bits per heavy atom. The van der Waals surface area contributed by atoms with E-state index in [1.54, 1.807) is 12.4 Å². The first-order valence-electron chi connectivity index (χ1n) is 6.15. The highest BCUT2D eigenvalue weighted by Crippen LogP contribution is 2.18. The number of rotatable bonds is 5. The molecule has 7 nitrogen and oxygen atoms in total. The van der Waals surface area contributed by atoms with Crippen LogP contribution in [0, 0.1) is 0 Å². The van der Waals surface area contributed by atoms with Crippen LogP contribution in [0.5, 0.6) is 0 Å². The normalized spacial score (nSPS) is 12.1. The zero-order chi connectivity index (χ0) is 14.0. The minimum atomic E-state index is 0.0113. The van der Waals surface area contributed by atoms with Gasteiger partial charge in [0, 0.05) is 24.5 Å². The maximum atomic E-state index is 5.43. The van der Waals surface area contributed by atoms with Gasteiger partial charge in [-0.15, -0.1) is 0 Å². The number of nitrogens with zero attached hydrogens (tertiary/aromatic N) is 4. The van der Waals surface area contributed by atoms with Crippen molar-refractivity contribution < 1.29 is 0 Å². The summed E-state index contributed by atoms with van der Waals surface area (Å²) < 4.78 is 1.88. The summed E-state index contributed by atoms with van der Waals surface area (Å²) in [6, 6.07) is 0. The van der Waals surface area contributed by atoms with Crippen molar-refractivity contribution in [2.75, 3.05) is 31.4 Å². The number of nitrogen functional groups attached to an aromatic ring is 1. The average Bonchev–Trinajstić information content (AvgIpc) is 2.83. The van der Waals surface area contributed by atoms with Crippen molar-refractivity contribution in [1.82, 2.24) is 19.3 Å². The molecule has 104 valence electrons. The van der Waals surface area contributed by atoms with E-state index in [9.17, 15) is 0 Å². The Bertz CT molecular complexity index is 558. The van der Waals surface area contributed by atoms with Crippen LogP contribution in [0.25, 0.3) is 5.65 Å². The lowest BCUT2D eigenvalue weighted by molar-refractivity contribution is 0.210. The molecule has 0 aromatic carbocycles. The van der Waals surface area contributed by atoms with Crippen LogP contribution in [-0.4, -0.2) is 45.4 Å². The summed E-state index contributed by atoms with van der Waals surface area (Å²) in [5.41, 5.74) is 3.36. The molecule has 0 saturated carbocycles. The van der Waals surface area contributed by atoms with Gasteiger partial charge in [0.1, 0.15) is 0 Å². The highest BCUT2D eigenvalue weighted by molar-refractivity contribution is 5.65. The number of fused-ring (bicyclic) bond motifs is 1. The maximum absolute atomic E-state index is 5.43. The molecule has 0 atom stereocenters.